The lowest BCUT2D eigenvalue weighted by Crippen LogP contribution is -2.52. The van der Waals surface area contributed by atoms with Gasteiger partial charge in [-0.25, -0.2) is 4.68 Å². The molecule has 148 valence electrons. The summed E-state index contributed by atoms with van der Waals surface area (Å²) < 4.78 is 7.01. The summed E-state index contributed by atoms with van der Waals surface area (Å²) >= 11 is 0. The number of rotatable bonds is 5. The zero-order chi connectivity index (χ0) is 19.3. The molecular formula is C20H25N5O3. The number of aromatic nitrogens is 3. The van der Waals surface area contributed by atoms with Gasteiger partial charge in [0.15, 0.2) is 0 Å². The first-order valence-electron chi connectivity index (χ1n) is 9.82. The van der Waals surface area contributed by atoms with Crippen molar-refractivity contribution in [3.05, 3.63) is 47.0 Å². The molecule has 2 fully saturated rings. The molecule has 0 saturated carbocycles. The number of piperazine rings is 1. The topological polar surface area (TPSA) is 80.6 Å². The van der Waals surface area contributed by atoms with Crippen LogP contribution < -0.4 is 5.56 Å². The molecule has 2 aromatic rings. The second-order valence-electron chi connectivity index (χ2n) is 7.19. The lowest BCUT2D eigenvalue weighted by Gasteiger charge is -2.35. The highest BCUT2D eigenvalue weighted by Crippen LogP contribution is 2.16. The summed E-state index contributed by atoms with van der Waals surface area (Å²) in [7, 11) is 0. The highest BCUT2D eigenvalue weighted by Gasteiger charge is 2.30. The molecule has 0 spiro atoms. The third-order valence-electron chi connectivity index (χ3n) is 5.34. The van der Waals surface area contributed by atoms with E-state index in [1.807, 2.05) is 17.0 Å². The van der Waals surface area contributed by atoms with Crippen LogP contribution in [0.25, 0.3) is 11.3 Å². The van der Waals surface area contributed by atoms with Gasteiger partial charge in [-0.05, 0) is 31.0 Å². The Morgan fingerprint density at radius 2 is 2.00 bits per heavy atom. The third-order valence-corrected chi connectivity index (χ3v) is 5.34. The van der Waals surface area contributed by atoms with Gasteiger partial charge in [0, 0.05) is 63.4 Å². The highest BCUT2D eigenvalue weighted by atomic mass is 16.5. The Kier molecular flexibility index (Phi) is 5.78. The van der Waals surface area contributed by atoms with Crippen molar-refractivity contribution in [2.75, 3.05) is 39.3 Å². The Labute approximate surface area is 163 Å². The molecule has 0 aliphatic carbocycles. The predicted octanol–water partition coefficient (Wildman–Crippen LogP) is 0.628. The van der Waals surface area contributed by atoms with E-state index in [4.69, 9.17) is 4.74 Å². The number of amides is 1. The van der Waals surface area contributed by atoms with Gasteiger partial charge < -0.3 is 9.64 Å². The van der Waals surface area contributed by atoms with Crippen molar-refractivity contribution in [1.82, 2.24) is 24.6 Å². The molecule has 0 bridgehead atoms. The minimum Gasteiger partial charge on any atom is -0.368 e. The number of nitrogens with zero attached hydrogens (tertiary/aromatic N) is 5. The van der Waals surface area contributed by atoms with Crippen LogP contribution in [-0.4, -0.2) is 75.9 Å². The number of hydrogen-bond donors (Lipinski definition) is 0. The van der Waals surface area contributed by atoms with Crippen LogP contribution in [0.5, 0.6) is 0 Å². The van der Waals surface area contributed by atoms with Crippen molar-refractivity contribution < 1.29 is 9.53 Å². The quantitative estimate of drug-likeness (QED) is 0.753. The van der Waals surface area contributed by atoms with E-state index in [1.165, 1.54) is 4.68 Å². The molecule has 0 aromatic carbocycles. The molecule has 8 heteroatoms. The Bertz CT molecular complexity index is 856. The zero-order valence-electron chi connectivity index (χ0n) is 15.9. The van der Waals surface area contributed by atoms with Crippen molar-refractivity contribution in [2.24, 2.45) is 0 Å². The first-order chi connectivity index (χ1) is 13.7. The number of carbonyl (C=O) groups is 1. The maximum Gasteiger partial charge on any atom is 0.266 e. The van der Waals surface area contributed by atoms with Crippen molar-refractivity contribution in [1.29, 1.82) is 0 Å². The van der Waals surface area contributed by atoms with E-state index in [0.29, 0.717) is 26.2 Å². The van der Waals surface area contributed by atoms with Gasteiger partial charge in [0.05, 0.1) is 12.2 Å². The molecule has 1 unspecified atom stereocenters. The maximum absolute atomic E-state index is 12.4. The number of hydrogen-bond acceptors (Lipinski definition) is 6. The molecule has 8 nitrogen and oxygen atoms in total. The van der Waals surface area contributed by atoms with E-state index in [1.54, 1.807) is 24.5 Å². The highest BCUT2D eigenvalue weighted by molar-refractivity contribution is 5.81. The molecule has 2 aliphatic rings. The monoisotopic (exact) mass is 383 g/mol. The average Bonchev–Trinajstić information content (AvgIpc) is 3.29. The van der Waals surface area contributed by atoms with Gasteiger partial charge in [-0.1, -0.05) is 0 Å². The summed E-state index contributed by atoms with van der Waals surface area (Å²) in [6, 6.07) is 7.05. The third kappa shape index (κ3) is 4.28. The van der Waals surface area contributed by atoms with Crippen molar-refractivity contribution in [3.8, 4) is 11.3 Å². The fourth-order valence-corrected chi connectivity index (χ4v) is 3.68. The minimum absolute atomic E-state index is 0.111. The molecule has 0 N–H and O–H groups in total. The Morgan fingerprint density at radius 1 is 1.14 bits per heavy atom. The average molecular weight is 383 g/mol. The van der Waals surface area contributed by atoms with Gasteiger partial charge in [0.25, 0.3) is 11.5 Å². The maximum atomic E-state index is 12.4. The van der Waals surface area contributed by atoms with E-state index in [-0.39, 0.29) is 17.6 Å². The van der Waals surface area contributed by atoms with Gasteiger partial charge in [-0.2, -0.15) is 5.10 Å². The second-order valence-corrected chi connectivity index (χ2v) is 7.19. The van der Waals surface area contributed by atoms with Crippen LogP contribution in [0.15, 0.2) is 41.5 Å². The Morgan fingerprint density at radius 3 is 2.71 bits per heavy atom. The summed E-state index contributed by atoms with van der Waals surface area (Å²) in [4.78, 5) is 32.9. The number of pyridine rings is 1. The normalized spacial score (nSPS) is 20.4. The van der Waals surface area contributed by atoms with Gasteiger partial charge in [-0.3, -0.25) is 19.5 Å². The van der Waals surface area contributed by atoms with E-state index in [2.05, 4.69) is 15.0 Å². The molecule has 4 heterocycles. The lowest BCUT2D eigenvalue weighted by atomic mass is 10.2. The Balaban J connectivity index is 1.32. The van der Waals surface area contributed by atoms with Crippen LogP contribution in [-0.2, 0) is 16.1 Å². The molecule has 2 saturated heterocycles. The fourth-order valence-electron chi connectivity index (χ4n) is 3.68. The van der Waals surface area contributed by atoms with Crippen molar-refractivity contribution in [3.63, 3.8) is 0 Å². The van der Waals surface area contributed by atoms with Crippen molar-refractivity contribution in [2.45, 2.75) is 25.5 Å². The van der Waals surface area contributed by atoms with Crippen LogP contribution in [0.3, 0.4) is 0 Å². The molecule has 1 amide bonds. The van der Waals surface area contributed by atoms with Gasteiger partial charge >= 0.3 is 0 Å². The summed E-state index contributed by atoms with van der Waals surface area (Å²) in [6.45, 7) is 4.95. The van der Waals surface area contributed by atoms with Crippen LogP contribution in [0.1, 0.15) is 12.8 Å². The predicted molar refractivity (Wildman–Crippen MR) is 104 cm³/mol. The van der Waals surface area contributed by atoms with Crippen LogP contribution in [0, 0.1) is 0 Å². The second kappa shape index (κ2) is 8.62. The molecule has 0 radical (unpaired) electrons. The minimum atomic E-state index is -0.246. The van der Waals surface area contributed by atoms with Crippen LogP contribution >= 0.6 is 0 Å². The first-order valence-corrected chi connectivity index (χ1v) is 9.82. The van der Waals surface area contributed by atoms with Crippen molar-refractivity contribution >= 4 is 5.91 Å². The molecule has 1 atom stereocenters. The molecule has 4 rings (SSSR count). The van der Waals surface area contributed by atoms with E-state index in [0.717, 1.165) is 43.7 Å². The standard InChI is InChI=1S/C20H25N5O3/c26-19-6-5-17(16-3-1-7-21-15-16)22-25(19)13-10-23-8-11-24(12-9-23)20(27)18-4-2-14-28-18/h1,3,5-7,15,18H,2,4,8-14H2. The van der Waals surface area contributed by atoms with Crippen LogP contribution in [0.4, 0.5) is 0 Å². The molecule has 28 heavy (non-hydrogen) atoms. The summed E-state index contributed by atoms with van der Waals surface area (Å²) in [5.74, 6) is 0.124. The molecule has 2 aromatic heterocycles. The molecule has 2 aliphatic heterocycles. The summed E-state index contributed by atoms with van der Waals surface area (Å²) in [5, 5.41) is 4.48. The molecular weight excluding hydrogens is 358 g/mol. The SMILES string of the molecule is O=C(C1CCCO1)N1CCN(CCn2nc(-c3cccnc3)ccc2=O)CC1. The fraction of sp³-hybridized carbons (Fsp3) is 0.500. The van der Waals surface area contributed by atoms with Gasteiger partial charge in [0.1, 0.15) is 6.10 Å². The summed E-state index contributed by atoms with van der Waals surface area (Å²) in [5.41, 5.74) is 1.51. The van der Waals surface area contributed by atoms with E-state index >= 15 is 0 Å². The smallest absolute Gasteiger partial charge is 0.266 e. The Hall–Kier alpha value is -2.58. The van der Waals surface area contributed by atoms with Crippen LogP contribution in [0.2, 0.25) is 0 Å². The number of carbonyl (C=O) groups excluding carboxylic acids is 1. The first kappa shape index (κ1) is 18.8. The summed E-state index contributed by atoms with van der Waals surface area (Å²) in [6.07, 6.45) is 5.01. The van der Waals surface area contributed by atoms with Gasteiger partial charge in [0.2, 0.25) is 0 Å². The zero-order valence-corrected chi connectivity index (χ0v) is 15.9. The van der Waals surface area contributed by atoms with E-state index < -0.39 is 0 Å². The lowest BCUT2D eigenvalue weighted by molar-refractivity contribution is -0.142. The largest absolute Gasteiger partial charge is 0.368 e. The van der Waals surface area contributed by atoms with E-state index in [9.17, 15) is 9.59 Å². The number of ether oxygens (including phenoxy) is 1. The van der Waals surface area contributed by atoms with Gasteiger partial charge in [-0.15, -0.1) is 0 Å².